The Balaban J connectivity index is 1.61. The highest BCUT2D eigenvalue weighted by atomic mass is 32.1. The third kappa shape index (κ3) is 3.72. The van der Waals surface area contributed by atoms with Gasteiger partial charge in [-0.15, -0.1) is 11.3 Å². The van der Waals surface area contributed by atoms with Gasteiger partial charge in [0.05, 0.1) is 23.8 Å². The van der Waals surface area contributed by atoms with Gasteiger partial charge in [-0.1, -0.05) is 48.0 Å². The second-order valence-corrected chi connectivity index (χ2v) is 8.41. The Morgan fingerprint density at radius 1 is 1.09 bits per heavy atom. The highest BCUT2D eigenvalue weighted by Crippen LogP contribution is 2.28. The number of benzene rings is 2. The Bertz CT molecular complexity index is 1450. The van der Waals surface area contributed by atoms with E-state index in [1.165, 1.54) is 4.68 Å². The minimum Gasteiger partial charge on any atom is -0.383 e. The molecule has 0 spiro atoms. The number of amides is 1. The number of nitrogen functional groups attached to an aromatic ring is 1. The number of carbonyl (C=O) groups is 1. The molecule has 0 aliphatic carbocycles. The smallest absolute Gasteiger partial charge is 0.257 e. The topological polar surface area (TPSA) is 98.2 Å². The van der Waals surface area contributed by atoms with E-state index in [-0.39, 0.29) is 17.3 Å². The Kier molecular flexibility index (Phi) is 5.12. The van der Waals surface area contributed by atoms with Crippen LogP contribution < -0.4 is 11.1 Å². The lowest BCUT2D eigenvalue weighted by Gasteiger charge is -2.04. The molecule has 5 rings (SSSR count). The molecule has 32 heavy (non-hydrogen) atoms. The van der Waals surface area contributed by atoms with Crippen molar-refractivity contribution in [3.05, 3.63) is 87.6 Å². The Morgan fingerprint density at radius 2 is 1.84 bits per heavy atom. The monoisotopic (exact) mass is 440 g/mol. The van der Waals surface area contributed by atoms with Gasteiger partial charge in [0.15, 0.2) is 5.65 Å². The summed E-state index contributed by atoms with van der Waals surface area (Å²) in [6.07, 6.45) is 1.69. The van der Waals surface area contributed by atoms with E-state index in [2.05, 4.69) is 10.4 Å². The van der Waals surface area contributed by atoms with E-state index < -0.39 is 0 Å². The molecule has 0 radical (unpaired) electrons. The largest absolute Gasteiger partial charge is 0.383 e. The summed E-state index contributed by atoms with van der Waals surface area (Å²) < 4.78 is 1.48. The Morgan fingerprint density at radius 3 is 2.56 bits per heavy atom. The van der Waals surface area contributed by atoms with Crippen LogP contribution in [0, 0.1) is 6.92 Å². The summed E-state index contributed by atoms with van der Waals surface area (Å²) in [5, 5.41) is 9.45. The van der Waals surface area contributed by atoms with Crippen molar-refractivity contribution < 1.29 is 4.79 Å². The van der Waals surface area contributed by atoms with E-state index in [4.69, 9.17) is 15.7 Å². The van der Waals surface area contributed by atoms with Gasteiger partial charge in [0.25, 0.3) is 5.91 Å². The summed E-state index contributed by atoms with van der Waals surface area (Å²) in [6, 6.07) is 19.4. The van der Waals surface area contributed by atoms with Crippen LogP contribution in [0.3, 0.4) is 0 Å². The lowest BCUT2D eigenvalue weighted by molar-refractivity contribution is 0.0953. The third-order valence-corrected chi connectivity index (χ3v) is 5.98. The molecular formula is C24H20N6OS. The van der Waals surface area contributed by atoms with Gasteiger partial charge in [-0.3, -0.25) is 4.79 Å². The van der Waals surface area contributed by atoms with Crippen molar-refractivity contribution in [3.8, 4) is 0 Å². The summed E-state index contributed by atoms with van der Waals surface area (Å²) in [6.45, 7) is 2.44. The molecule has 0 fully saturated rings. The summed E-state index contributed by atoms with van der Waals surface area (Å²) in [5.74, 6) is -0.114. The van der Waals surface area contributed by atoms with E-state index in [0.29, 0.717) is 28.7 Å². The maximum atomic E-state index is 13.1. The highest BCUT2D eigenvalue weighted by molar-refractivity contribution is 7.09. The number of rotatable bonds is 5. The van der Waals surface area contributed by atoms with Crippen LogP contribution in [0.1, 0.15) is 26.4 Å². The van der Waals surface area contributed by atoms with Crippen LogP contribution in [0.15, 0.2) is 71.1 Å². The SMILES string of the molecule is Cc1ccc(/C=N\n2c(N)c(C(=O)NCc3cccs3)c3nc4ccccc4nc32)cc1. The number of aryl methyl sites for hydroxylation is 1. The molecule has 0 atom stereocenters. The first-order chi connectivity index (χ1) is 15.6. The molecule has 158 valence electrons. The number of thiophene rings is 1. The molecule has 0 bridgehead atoms. The zero-order valence-corrected chi connectivity index (χ0v) is 18.1. The first kappa shape index (κ1) is 19.9. The van der Waals surface area contributed by atoms with Crippen LogP contribution in [0.5, 0.6) is 0 Å². The lowest BCUT2D eigenvalue weighted by atomic mass is 10.2. The van der Waals surface area contributed by atoms with Crippen LogP contribution in [-0.4, -0.2) is 26.8 Å². The predicted octanol–water partition coefficient (Wildman–Crippen LogP) is 4.35. The summed E-state index contributed by atoms with van der Waals surface area (Å²) in [5.41, 5.74) is 11.0. The fourth-order valence-electron chi connectivity index (χ4n) is 3.43. The van der Waals surface area contributed by atoms with Gasteiger partial charge in [0.2, 0.25) is 0 Å². The molecule has 2 aromatic carbocycles. The molecule has 3 aromatic heterocycles. The summed E-state index contributed by atoms with van der Waals surface area (Å²) in [7, 11) is 0. The molecule has 0 unspecified atom stereocenters. The van der Waals surface area contributed by atoms with E-state index in [9.17, 15) is 4.79 Å². The highest BCUT2D eigenvalue weighted by Gasteiger charge is 2.24. The molecule has 0 saturated heterocycles. The standard InChI is InChI=1S/C24H20N6OS/c1-15-8-10-16(11-9-15)13-27-30-22(25)20(24(31)26-14-17-5-4-12-32-17)21-23(30)29-19-7-3-2-6-18(19)28-21/h2-13H,14,25H2,1H3,(H,26,31)/b27-13-. The van der Waals surface area contributed by atoms with Gasteiger partial charge in [-0.25, -0.2) is 9.97 Å². The van der Waals surface area contributed by atoms with Crippen molar-refractivity contribution in [1.82, 2.24) is 20.0 Å². The minimum absolute atomic E-state index is 0.197. The van der Waals surface area contributed by atoms with Crippen molar-refractivity contribution in [2.24, 2.45) is 5.10 Å². The lowest BCUT2D eigenvalue weighted by Crippen LogP contribution is -2.23. The molecular weight excluding hydrogens is 420 g/mol. The number of anilines is 1. The molecule has 0 aliphatic rings. The number of aromatic nitrogens is 3. The molecule has 3 heterocycles. The van der Waals surface area contributed by atoms with Crippen LogP contribution in [0.25, 0.3) is 22.2 Å². The van der Waals surface area contributed by atoms with Gasteiger partial charge < -0.3 is 11.1 Å². The number of nitrogens with two attached hydrogens (primary N) is 1. The van der Waals surface area contributed by atoms with E-state index >= 15 is 0 Å². The predicted molar refractivity (Wildman–Crippen MR) is 129 cm³/mol. The van der Waals surface area contributed by atoms with Gasteiger partial charge in [-0.05, 0) is 36.1 Å². The average Bonchev–Trinajstić information content (AvgIpc) is 3.41. The molecule has 1 amide bonds. The fraction of sp³-hybridized carbons (Fsp3) is 0.0833. The second kappa shape index (κ2) is 8.24. The van der Waals surface area contributed by atoms with E-state index in [0.717, 1.165) is 16.0 Å². The van der Waals surface area contributed by atoms with Crippen molar-refractivity contribution >= 4 is 51.5 Å². The van der Waals surface area contributed by atoms with Gasteiger partial charge in [0.1, 0.15) is 16.9 Å². The van der Waals surface area contributed by atoms with Gasteiger partial charge >= 0.3 is 0 Å². The number of hydrogen-bond donors (Lipinski definition) is 2. The molecule has 7 nitrogen and oxygen atoms in total. The Hall–Kier alpha value is -4.04. The van der Waals surface area contributed by atoms with E-state index in [1.54, 1.807) is 17.6 Å². The van der Waals surface area contributed by atoms with E-state index in [1.807, 2.05) is 73.0 Å². The van der Waals surface area contributed by atoms with Crippen LogP contribution in [-0.2, 0) is 6.54 Å². The van der Waals surface area contributed by atoms with Gasteiger partial charge in [0, 0.05) is 4.88 Å². The first-order valence-corrected chi connectivity index (χ1v) is 11.0. The quantitative estimate of drug-likeness (QED) is 0.397. The molecule has 0 aliphatic heterocycles. The molecule has 0 saturated carbocycles. The average molecular weight is 441 g/mol. The van der Waals surface area contributed by atoms with Gasteiger partial charge in [-0.2, -0.15) is 9.78 Å². The van der Waals surface area contributed by atoms with Crippen molar-refractivity contribution in [3.63, 3.8) is 0 Å². The first-order valence-electron chi connectivity index (χ1n) is 10.1. The second-order valence-electron chi connectivity index (χ2n) is 7.37. The number of nitrogens with one attached hydrogen (secondary N) is 1. The summed E-state index contributed by atoms with van der Waals surface area (Å²) in [4.78, 5) is 23.6. The number of hydrogen-bond acceptors (Lipinski definition) is 6. The number of nitrogens with zero attached hydrogens (tertiary/aromatic N) is 4. The van der Waals surface area contributed by atoms with Crippen LogP contribution in [0.4, 0.5) is 5.82 Å². The fourth-order valence-corrected chi connectivity index (χ4v) is 4.08. The molecule has 8 heteroatoms. The number of carbonyl (C=O) groups excluding carboxylic acids is 1. The zero-order valence-electron chi connectivity index (χ0n) is 17.3. The number of para-hydroxylation sites is 2. The van der Waals surface area contributed by atoms with Crippen molar-refractivity contribution in [2.45, 2.75) is 13.5 Å². The molecule has 5 aromatic rings. The maximum absolute atomic E-state index is 13.1. The third-order valence-electron chi connectivity index (χ3n) is 5.10. The van der Waals surface area contributed by atoms with Crippen LogP contribution >= 0.6 is 11.3 Å². The minimum atomic E-state index is -0.310. The van der Waals surface area contributed by atoms with Crippen molar-refractivity contribution in [2.75, 3.05) is 5.73 Å². The maximum Gasteiger partial charge on any atom is 0.257 e. The zero-order chi connectivity index (χ0) is 22.1. The van der Waals surface area contributed by atoms with Crippen LogP contribution in [0.2, 0.25) is 0 Å². The normalized spacial score (nSPS) is 11.5. The summed E-state index contributed by atoms with van der Waals surface area (Å²) >= 11 is 1.58. The van der Waals surface area contributed by atoms with Crippen molar-refractivity contribution in [1.29, 1.82) is 0 Å². The molecule has 3 N–H and O–H groups in total. The number of fused-ring (bicyclic) bond motifs is 2. The Labute approximate surface area is 188 Å².